The smallest absolute Gasteiger partial charge is 0.406 e. The summed E-state index contributed by atoms with van der Waals surface area (Å²) >= 11 is 0. The number of halogens is 4. The molecule has 4 heterocycles. The molecule has 1 N–H and O–H groups in total. The van der Waals surface area contributed by atoms with Crippen molar-refractivity contribution in [3.05, 3.63) is 59.2 Å². The zero-order chi connectivity index (χ0) is 23.2. The highest BCUT2D eigenvalue weighted by Gasteiger charge is 2.32. The van der Waals surface area contributed by atoms with Gasteiger partial charge in [-0.05, 0) is 49.1 Å². The summed E-state index contributed by atoms with van der Waals surface area (Å²) in [6.45, 7) is 2.10. The Bertz CT molecular complexity index is 1160. The molecule has 10 heteroatoms. The topological polar surface area (TPSA) is 67.5 Å². The van der Waals surface area contributed by atoms with Crippen LogP contribution in [0.3, 0.4) is 0 Å². The number of ether oxygens (including phenoxy) is 2. The van der Waals surface area contributed by atoms with Crippen molar-refractivity contribution in [2.75, 3.05) is 26.3 Å². The molecule has 0 atom stereocenters. The van der Waals surface area contributed by atoms with Crippen molar-refractivity contribution < 1.29 is 31.8 Å². The van der Waals surface area contributed by atoms with Crippen molar-refractivity contribution in [1.82, 2.24) is 14.9 Å². The van der Waals surface area contributed by atoms with Crippen molar-refractivity contribution in [3.8, 4) is 5.75 Å². The molecule has 2 fully saturated rings. The van der Waals surface area contributed by atoms with E-state index in [1.54, 1.807) is 4.90 Å². The highest BCUT2D eigenvalue weighted by molar-refractivity contribution is 5.94. The molecule has 0 bridgehead atoms. The second-order valence-electron chi connectivity index (χ2n) is 8.38. The number of carbonyl (C=O) groups excluding carboxylic acids is 1. The molecule has 2 aliphatic rings. The molecule has 0 aliphatic carbocycles. The van der Waals surface area contributed by atoms with Gasteiger partial charge in [-0.3, -0.25) is 4.79 Å². The van der Waals surface area contributed by atoms with Gasteiger partial charge in [0.25, 0.3) is 5.91 Å². The Kier molecular flexibility index (Phi) is 5.48. The van der Waals surface area contributed by atoms with Crippen molar-refractivity contribution in [1.29, 1.82) is 0 Å². The largest absolute Gasteiger partial charge is 0.573 e. The number of aromatic nitrogens is 2. The van der Waals surface area contributed by atoms with Crippen LogP contribution in [0.25, 0.3) is 11.0 Å². The van der Waals surface area contributed by atoms with Crippen molar-refractivity contribution in [3.63, 3.8) is 0 Å². The molecule has 1 amide bonds. The van der Waals surface area contributed by atoms with Gasteiger partial charge in [0.05, 0.1) is 19.4 Å². The SMILES string of the molecule is O=C(c1ccc(OC(F)(F)F)cc1)N1CCC(c2c(F)cnc3[nH]c(C4COC4)cc23)CC1. The number of likely N-dealkylation sites (tertiary alicyclic amines) is 1. The number of H-pyrrole nitrogens is 1. The van der Waals surface area contributed by atoms with E-state index in [-0.39, 0.29) is 34.9 Å². The fraction of sp³-hybridized carbons (Fsp3) is 0.391. The third-order valence-electron chi connectivity index (χ3n) is 6.28. The van der Waals surface area contributed by atoms with Crippen LogP contribution in [0.5, 0.6) is 5.75 Å². The second kappa shape index (κ2) is 8.33. The number of pyridine rings is 1. The van der Waals surface area contributed by atoms with Gasteiger partial charge in [-0.1, -0.05) is 0 Å². The van der Waals surface area contributed by atoms with Crippen LogP contribution in [0.15, 0.2) is 36.5 Å². The van der Waals surface area contributed by atoms with Crippen molar-refractivity contribution >= 4 is 16.9 Å². The van der Waals surface area contributed by atoms with E-state index in [4.69, 9.17) is 4.74 Å². The van der Waals surface area contributed by atoms with E-state index in [1.165, 1.54) is 18.3 Å². The maximum atomic E-state index is 14.8. The first kappa shape index (κ1) is 21.7. The number of piperidine rings is 1. The molecule has 2 aliphatic heterocycles. The highest BCUT2D eigenvalue weighted by atomic mass is 19.4. The number of hydrogen-bond donors (Lipinski definition) is 1. The Hall–Kier alpha value is -3.14. The van der Waals surface area contributed by atoms with E-state index in [1.807, 2.05) is 6.07 Å². The number of carbonyl (C=O) groups is 1. The lowest BCUT2D eigenvalue weighted by molar-refractivity contribution is -0.274. The number of alkyl halides is 3. The minimum atomic E-state index is -4.78. The fourth-order valence-electron chi connectivity index (χ4n) is 4.49. The summed E-state index contributed by atoms with van der Waals surface area (Å²) in [6.07, 6.45) is -2.40. The number of aromatic amines is 1. The predicted octanol–water partition coefficient (Wildman–Crippen LogP) is 4.73. The Morgan fingerprint density at radius 1 is 1.12 bits per heavy atom. The van der Waals surface area contributed by atoms with Gasteiger partial charge in [-0.2, -0.15) is 0 Å². The number of rotatable bonds is 4. The Labute approximate surface area is 186 Å². The lowest BCUT2D eigenvalue weighted by atomic mass is 9.87. The lowest BCUT2D eigenvalue weighted by Crippen LogP contribution is -2.38. The monoisotopic (exact) mass is 463 g/mol. The van der Waals surface area contributed by atoms with Crippen LogP contribution in [-0.2, 0) is 4.74 Å². The zero-order valence-electron chi connectivity index (χ0n) is 17.5. The van der Waals surface area contributed by atoms with E-state index in [9.17, 15) is 22.4 Å². The highest BCUT2D eigenvalue weighted by Crippen LogP contribution is 2.37. The molecule has 0 spiro atoms. The van der Waals surface area contributed by atoms with Crippen LogP contribution in [0.1, 0.15) is 46.3 Å². The van der Waals surface area contributed by atoms with Crippen LogP contribution >= 0.6 is 0 Å². The third kappa shape index (κ3) is 4.39. The molecule has 6 nitrogen and oxygen atoms in total. The molecule has 0 saturated carbocycles. The Morgan fingerprint density at radius 3 is 2.42 bits per heavy atom. The summed E-state index contributed by atoms with van der Waals surface area (Å²) in [4.78, 5) is 21.9. The first-order chi connectivity index (χ1) is 15.8. The molecule has 2 saturated heterocycles. The second-order valence-corrected chi connectivity index (χ2v) is 8.38. The maximum absolute atomic E-state index is 14.8. The average Bonchev–Trinajstić information content (AvgIpc) is 3.15. The van der Waals surface area contributed by atoms with Gasteiger partial charge in [-0.15, -0.1) is 13.2 Å². The lowest BCUT2D eigenvalue weighted by Gasteiger charge is -2.32. The maximum Gasteiger partial charge on any atom is 0.573 e. The van der Waals surface area contributed by atoms with Gasteiger partial charge in [0.15, 0.2) is 0 Å². The van der Waals surface area contributed by atoms with Crippen LogP contribution < -0.4 is 4.74 Å². The number of nitrogens with one attached hydrogen (secondary N) is 1. The molecule has 174 valence electrons. The van der Waals surface area contributed by atoms with Crippen molar-refractivity contribution in [2.45, 2.75) is 31.0 Å². The molecular weight excluding hydrogens is 442 g/mol. The van der Waals surface area contributed by atoms with E-state index >= 15 is 0 Å². The van der Waals surface area contributed by atoms with Crippen molar-refractivity contribution in [2.24, 2.45) is 0 Å². The van der Waals surface area contributed by atoms with Gasteiger partial charge >= 0.3 is 6.36 Å². The number of benzene rings is 1. The Morgan fingerprint density at radius 2 is 1.82 bits per heavy atom. The number of nitrogens with zero attached hydrogens (tertiary/aromatic N) is 2. The minimum absolute atomic E-state index is 0.0663. The quantitative estimate of drug-likeness (QED) is 0.568. The minimum Gasteiger partial charge on any atom is -0.406 e. The normalized spacial score (nSPS) is 17.9. The van der Waals surface area contributed by atoms with E-state index < -0.39 is 6.36 Å². The molecule has 2 aromatic heterocycles. The summed E-state index contributed by atoms with van der Waals surface area (Å²) in [7, 11) is 0. The molecule has 1 aromatic carbocycles. The first-order valence-electron chi connectivity index (χ1n) is 10.7. The Balaban J connectivity index is 1.28. The predicted molar refractivity (Wildman–Crippen MR) is 111 cm³/mol. The molecule has 0 radical (unpaired) electrons. The van der Waals surface area contributed by atoms with E-state index in [2.05, 4.69) is 14.7 Å². The average molecular weight is 463 g/mol. The van der Waals surface area contributed by atoms with Gasteiger partial charge in [0, 0.05) is 41.2 Å². The van der Waals surface area contributed by atoms with Gasteiger partial charge in [-0.25, -0.2) is 9.37 Å². The summed E-state index contributed by atoms with van der Waals surface area (Å²) in [5.41, 5.74) is 2.52. The summed E-state index contributed by atoms with van der Waals surface area (Å²) in [6, 6.07) is 6.82. The van der Waals surface area contributed by atoms with Crippen LogP contribution in [0.4, 0.5) is 17.6 Å². The number of fused-ring (bicyclic) bond motifs is 1. The van der Waals surface area contributed by atoms with Crippen LogP contribution in [-0.4, -0.2) is 53.4 Å². The molecule has 0 unspecified atom stereocenters. The third-order valence-corrected chi connectivity index (χ3v) is 6.28. The zero-order valence-corrected chi connectivity index (χ0v) is 17.5. The van der Waals surface area contributed by atoms with Gasteiger partial charge in [0.1, 0.15) is 17.2 Å². The summed E-state index contributed by atoms with van der Waals surface area (Å²) < 4.78 is 60.9. The number of hydrogen-bond acceptors (Lipinski definition) is 4. The molecular formula is C23H21F4N3O3. The van der Waals surface area contributed by atoms with Gasteiger partial charge in [0.2, 0.25) is 0 Å². The van der Waals surface area contributed by atoms with Crippen LogP contribution in [0.2, 0.25) is 0 Å². The number of amides is 1. The van der Waals surface area contributed by atoms with Gasteiger partial charge < -0.3 is 19.4 Å². The summed E-state index contributed by atoms with van der Waals surface area (Å²) in [5, 5.41) is 0.766. The standard InChI is InChI=1S/C23H21F4N3O3/c24-18-10-28-21-17(9-19(29-21)15-11-32-12-15)20(18)13-5-7-30(8-6-13)22(31)14-1-3-16(4-2-14)33-23(25,26)27/h1-4,9-10,13,15H,5-8,11-12H2,(H,28,29). The first-order valence-corrected chi connectivity index (χ1v) is 10.7. The molecule has 3 aromatic rings. The van der Waals surface area contributed by atoms with Crippen LogP contribution in [0, 0.1) is 5.82 Å². The van der Waals surface area contributed by atoms with E-state index in [0.717, 1.165) is 23.2 Å². The fourth-order valence-corrected chi connectivity index (χ4v) is 4.49. The van der Waals surface area contributed by atoms with E-state index in [0.29, 0.717) is 50.4 Å². The molecule has 5 rings (SSSR count). The molecule has 33 heavy (non-hydrogen) atoms. The summed E-state index contributed by atoms with van der Waals surface area (Å²) in [5.74, 6) is -0.815.